The smallest absolute Gasteiger partial charge is 0.334 e. The molecule has 214 valence electrons. The molecule has 4 saturated carbocycles. The van der Waals surface area contributed by atoms with E-state index in [-0.39, 0.29) is 34.7 Å². The molecular formula is C29H44O9. The third kappa shape index (κ3) is 3.80. The minimum absolute atomic E-state index is 0.0525. The molecule has 5 fully saturated rings. The third-order valence-corrected chi connectivity index (χ3v) is 12.1. The molecule has 2 aliphatic heterocycles. The van der Waals surface area contributed by atoms with Crippen LogP contribution in [0.25, 0.3) is 0 Å². The zero-order chi connectivity index (χ0) is 27.0. The fourth-order valence-electron chi connectivity index (χ4n) is 9.84. The third-order valence-electron chi connectivity index (χ3n) is 12.1. The van der Waals surface area contributed by atoms with Gasteiger partial charge in [0.15, 0.2) is 6.29 Å². The number of hydrogen-bond acceptors (Lipinski definition) is 9. The predicted octanol–water partition coefficient (Wildman–Crippen LogP) is 1.43. The van der Waals surface area contributed by atoms with E-state index < -0.39 is 42.9 Å². The van der Waals surface area contributed by atoms with Crippen molar-refractivity contribution in [3.8, 4) is 0 Å². The molecule has 13 atom stereocenters. The summed E-state index contributed by atoms with van der Waals surface area (Å²) in [6.45, 7) is 4.46. The molecule has 0 spiro atoms. The number of hydrogen-bond donors (Lipinski definition) is 5. The summed E-state index contributed by atoms with van der Waals surface area (Å²) in [6, 6.07) is 0. The van der Waals surface area contributed by atoms with Gasteiger partial charge in [-0.3, -0.25) is 0 Å². The zero-order valence-electron chi connectivity index (χ0n) is 22.5. The lowest BCUT2D eigenvalue weighted by Gasteiger charge is -2.63. The summed E-state index contributed by atoms with van der Waals surface area (Å²) >= 11 is 0. The topological polar surface area (TPSA) is 146 Å². The van der Waals surface area contributed by atoms with Crippen LogP contribution >= 0.6 is 0 Å². The quantitative estimate of drug-likeness (QED) is 0.266. The number of carbonyl (C=O) groups excluding carboxylic acids is 1. The fraction of sp³-hybridized carbons (Fsp3) is 0.897. The van der Waals surface area contributed by atoms with E-state index in [1.165, 1.54) is 0 Å². The number of aliphatic hydroxyl groups excluding tert-OH is 4. The van der Waals surface area contributed by atoms with Crippen LogP contribution in [0.15, 0.2) is 11.6 Å². The number of rotatable bonds is 4. The SMILES string of the molecule is C[C@]12CC[C@H](O[C@@H]3O[C@H](CO)[C@@H](O)[C@H](O)[C@H]3O)C[C@@H]1CC[C@@H]1[C@@H]2CC[C@]2(C)C(C3=CCOC3=O)CC[C@]12O. The molecule has 0 bridgehead atoms. The Balaban J connectivity index is 1.16. The number of aliphatic hydroxyl groups is 5. The summed E-state index contributed by atoms with van der Waals surface area (Å²) in [4.78, 5) is 12.4. The summed E-state index contributed by atoms with van der Waals surface area (Å²) < 4.78 is 17.0. The first kappa shape index (κ1) is 27.1. The largest absolute Gasteiger partial charge is 0.458 e. The summed E-state index contributed by atoms with van der Waals surface area (Å²) in [5.74, 6) is 0.849. The van der Waals surface area contributed by atoms with Crippen LogP contribution in [0, 0.1) is 34.5 Å². The van der Waals surface area contributed by atoms with Gasteiger partial charge >= 0.3 is 5.97 Å². The van der Waals surface area contributed by atoms with Crippen molar-refractivity contribution in [3.05, 3.63) is 11.6 Å². The van der Waals surface area contributed by atoms with Crippen LogP contribution in [-0.4, -0.2) is 87.1 Å². The van der Waals surface area contributed by atoms with Crippen molar-refractivity contribution >= 4 is 5.97 Å². The van der Waals surface area contributed by atoms with Gasteiger partial charge in [0.05, 0.1) is 18.3 Å². The van der Waals surface area contributed by atoms with Crippen molar-refractivity contribution in [2.45, 2.75) is 114 Å². The van der Waals surface area contributed by atoms with E-state index >= 15 is 0 Å². The van der Waals surface area contributed by atoms with Gasteiger partial charge < -0.3 is 39.7 Å². The van der Waals surface area contributed by atoms with Crippen molar-refractivity contribution in [1.29, 1.82) is 0 Å². The Morgan fingerprint density at radius 1 is 0.974 bits per heavy atom. The summed E-state index contributed by atoms with van der Waals surface area (Å²) in [5, 5.41) is 52.5. The van der Waals surface area contributed by atoms with E-state index in [0.717, 1.165) is 63.4 Å². The molecule has 9 nitrogen and oxygen atoms in total. The molecule has 0 aromatic rings. The van der Waals surface area contributed by atoms with Crippen LogP contribution in [0.3, 0.4) is 0 Å². The zero-order valence-corrected chi connectivity index (χ0v) is 22.5. The summed E-state index contributed by atoms with van der Waals surface area (Å²) in [6.07, 6.45) is 3.42. The number of esters is 1. The maximum Gasteiger partial charge on any atom is 0.334 e. The Hall–Kier alpha value is -1.07. The summed E-state index contributed by atoms with van der Waals surface area (Å²) in [7, 11) is 0. The molecule has 0 aromatic heterocycles. The van der Waals surface area contributed by atoms with Gasteiger partial charge in [0.1, 0.15) is 31.0 Å². The van der Waals surface area contributed by atoms with Crippen LogP contribution in [0.4, 0.5) is 0 Å². The number of ether oxygens (including phenoxy) is 3. The second kappa shape index (κ2) is 9.50. The monoisotopic (exact) mass is 536 g/mol. The van der Waals surface area contributed by atoms with Crippen molar-refractivity contribution < 1.29 is 44.5 Å². The Kier molecular flexibility index (Phi) is 6.78. The first-order chi connectivity index (χ1) is 18.0. The van der Waals surface area contributed by atoms with Gasteiger partial charge in [0.25, 0.3) is 0 Å². The molecule has 0 amide bonds. The molecule has 6 rings (SSSR count). The van der Waals surface area contributed by atoms with E-state index in [2.05, 4.69) is 13.8 Å². The highest BCUT2D eigenvalue weighted by Crippen LogP contribution is 2.70. The van der Waals surface area contributed by atoms with Crippen molar-refractivity contribution in [1.82, 2.24) is 0 Å². The maximum atomic E-state index is 12.4. The molecular weight excluding hydrogens is 492 g/mol. The molecule has 2 heterocycles. The molecule has 0 radical (unpaired) electrons. The lowest BCUT2D eigenvalue weighted by molar-refractivity contribution is -0.317. The lowest BCUT2D eigenvalue weighted by Crippen LogP contribution is -2.63. The van der Waals surface area contributed by atoms with Crippen LogP contribution in [-0.2, 0) is 19.0 Å². The Morgan fingerprint density at radius 3 is 2.47 bits per heavy atom. The van der Waals surface area contributed by atoms with E-state index in [1.54, 1.807) is 0 Å². The summed E-state index contributed by atoms with van der Waals surface area (Å²) in [5.41, 5.74) is -0.274. The number of carbonyl (C=O) groups is 1. The van der Waals surface area contributed by atoms with E-state index in [4.69, 9.17) is 14.2 Å². The van der Waals surface area contributed by atoms with Crippen LogP contribution in [0.5, 0.6) is 0 Å². The van der Waals surface area contributed by atoms with E-state index in [9.17, 15) is 30.3 Å². The normalized spacial score (nSPS) is 54.5. The Morgan fingerprint density at radius 2 is 1.76 bits per heavy atom. The highest BCUT2D eigenvalue weighted by atomic mass is 16.7. The molecule has 6 aliphatic rings. The molecule has 5 N–H and O–H groups in total. The second-order valence-corrected chi connectivity index (χ2v) is 13.5. The van der Waals surface area contributed by atoms with Crippen molar-refractivity contribution in [2.24, 2.45) is 34.5 Å². The molecule has 9 heteroatoms. The number of fused-ring (bicyclic) bond motifs is 5. The van der Waals surface area contributed by atoms with Gasteiger partial charge in [-0.15, -0.1) is 0 Å². The molecule has 4 aliphatic carbocycles. The number of cyclic esters (lactones) is 1. The Labute approximate surface area is 224 Å². The standard InChI is InChI=1S/C29H44O9/c1-27-9-5-16(37-26-24(33)23(32)22(31)21(14-30)38-26)13-15(27)3-4-20-19(27)6-10-28(2)18(7-11-29(20,28)35)17-8-12-36-25(17)34/h8,15-16,18-24,26,30-33,35H,3-7,9-14H2,1-2H3/t15-,16-,18?,19-,20+,21+,22+,23-,24+,26+,27-,28+,29-/m0/s1. The molecule has 38 heavy (non-hydrogen) atoms. The van der Waals surface area contributed by atoms with Crippen LogP contribution in [0.2, 0.25) is 0 Å². The molecule has 0 aromatic carbocycles. The predicted molar refractivity (Wildman–Crippen MR) is 134 cm³/mol. The molecule has 1 unspecified atom stereocenters. The second-order valence-electron chi connectivity index (χ2n) is 13.5. The van der Waals surface area contributed by atoms with Gasteiger partial charge in [-0.1, -0.05) is 13.8 Å². The van der Waals surface area contributed by atoms with Crippen molar-refractivity contribution in [2.75, 3.05) is 13.2 Å². The fourth-order valence-corrected chi connectivity index (χ4v) is 9.84. The van der Waals surface area contributed by atoms with Crippen molar-refractivity contribution in [3.63, 3.8) is 0 Å². The highest BCUT2D eigenvalue weighted by Gasteiger charge is 2.68. The van der Waals surface area contributed by atoms with E-state index in [0.29, 0.717) is 18.4 Å². The minimum atomic E-state index is -1.44. The maximum absolute atomic E-state index is 12.4. The van der Waals surface area contributed by atoms with Crippen LogP contribution in [0.1, 0.15) is 71.6 Å². The van der Waals surface area contributed by atoms with Gasteiger partial charge in [-0.2, -0.15) is 0 Å². The van der Waals surface area contributed by atoms with Gasteiger partial charge in [0, 0.05) is 11.0 Å². The first-order valence-corrected chi connectivity index (χ1v) is 14.6. The lowest BCUT2D eigenvalue weighted by atomic mass is 9.43. The molecule has 1 saturated heterocycles. The Bertz CT molecular complexity index is 968. The van der Waals surface area contributed by atoms with Gasteiger partial charge in [-0.25, -0.2) is 4.79 Å². The minimum Gasteiger partial charge on any atom is -0.458 e. The average molecular weight is 537 g/mol. The average Bonchev–Trinajstić information content (AvgIpc) is 3.43. The van der Waals surface area contributed by atoms with Gasteiger partial charge in [0.2, 0.25) is 0 Å². The first-order valence-electron chi connectivity index (χ1n) is 14.6. The van der Waals surface area contributed by atoms with E-state index in [1.807, 2.05) is 6.08 Å². The highest BCUT2D eigenvalue weighted by molar-refractivity contribution is 5.91. The van der Waals surface area contributed by atoms with Gasteiger partial charge in [-0.05, 0) is 93.0 Å². The van der Waals surface area contributed by atoms with Crippen LogP contribution < -0.4 is 0 Å².